The lowest BCUT2D eigenvalue weighted by atomic mass is 10.0. The predicted octanol–water partition coefficient (Wildman–Crippen LogP) is 2.87. The zero-order chi connectivity index (χ0) is 20.2. The van der Waals surface area contributed by atoms with Gasteiger partial charge in [0.2, 0.25) is 10.0 Å². The van der Waals surface area contributed by atoms with Gasteiger partial charge in [0.25, 0.3) is 0 Å². The maximum atomic E-state index is 13.3. The van der Waals surface area contributed by atoms with Crippen molar-refractivity contribution in [2.45, 2.75) is 31.3 Å². The Balaban J connectivity index is 0.00000392. The number of hydrogen-bond donors (Lipinski definition) is 1. The summed E-state index contributed by atoms with van der Waals surface area (Å²) in [5.41, 5.74) is 1.48. The Hall–Kier alpha value is -2.16. The van der Waals surface area contributed by atoms with E-state index < -0.39 is 28.0 Å². The molecule has 0 aliphatic rings. The van der Waals surface area contributed by atoms with Crippen LogP contribution in [0, 0.1) is 5.92 Å². The van der Waals surface area contributed by atoms with Crippen LogP contribution in [0.25, 0.3) is 0 Å². The Labute approximate surface area is 172 Å². The quantitative estimate of drug-likeness (QED) is 0.696. The van der Waals surface area contributed by atoms with Crippen molar-refractivity contribution >= 4 is 34.1 Å². The lowest BCUT2D eigenvalue weighted by Gasteiger charge is -2.30. The number of aliphatic carboxylic acids is 1. The van der Waals surface area contributed by atoms with Crippen molar-refractivity contribution in [3.63, 3.8) is 0 Å². The maximum Gasteiger partial charge on any atom is 0.322 e. The van der Waals surface area contributed by atoms with Crippen LogP contribution in [0.5, 0.6) is 0 Å². The molecule has 0 amide bonds. The van der Waals surface area contributed by atoms with Crippen molar-refractivity contribution in [2.75, 3.05) is 19.0 Å². The topological polar surface area (TPSA) is 90.8 Å². The molecule has 1 aromatic carbocycles. The lowest BCUT2D eigenvalue weighted by molar-refractivity contribution is -0.143. The Morgan fingerprint density at radius 2 is 1.75 bits per heavy atom. The summed E-state index contributed by atoms with van der Waals surface area (Å²) in [7, 11) is -0.308. The first-order chi connectivity index (χ1) is 12.6. The van der Waals surface area contributed by atoms with Gasteiger partial charge in [0.05, 0.1) is 4.90 Å². The van der Waals surface area contributed by atoms with Gasteiger partial charge in [-0.2, -0.15) is 4.31 Å². The summed E-state index contributed by atoms with van der Waals surface area (Å²) >= 11 is 0. The van der Waals surface area contributed by atoms with Crippen LogP contribution in [-0.2, 0) is 21.4 Å². The van der Waals surface area contributed by atoms with E-state index in [1.807, 2.05) is 19.0 Å². The molecule has 0 aliphatic carbocycles. The minimum Gasteiger partial charge on any atom is -0.480 e. The van der Waals surface area contributed by atoms with E-state index in [2.05, 4.69) is 4.98 Å². The van der Waals surface area contributed by atoms with Gasteiger partial charge in [-0.05, 0) is 41.8 Å². The van der Waals surface area contributed by atoms with Crippen molar-refractivity contribution in [1.29, 1.82) is 0 Å². The molecule has 9 heteroatoms. The van der Waals surface area contributed by atoms with Crippen LogP contribution in [0.15, 0.2) is 53.7 Å². The number of carboxylic acid groups (broad SMARTS) is 1. The second kappa shape index (κ2) is 9.86. The third-order valence-electron chi connectivity index (χ3n) is 4.22. The molecule has 7 nitrogen and oxygen atoms in total. The van der Waals surface area contributed by atoms with Crippen molar-refractivity contribution < 1.29 is 18.3 Å². The first-order valence-corrected chi connectivity index (χ1v) is 9.99. The maximum absolute atomic E-state index is 13.3. The molecule has 1 aromatic heterocycles. The molecule has 1 heterocycles. The number of sulfonamides is 1. The molecule has 0 fully saturated rings. The third kappa shape index (κ3) is 5.43. The monoisotopic (exact) mass is 427 g/mol. The van der Waals surface area contributed by atoms with Gasteiger partial charge in [0, 0.05) is 38.7 Å². The number of rotatable bonds is 8. The van der Waals surface area contributed by atoms with Crippen LogP contribution in [0.4, 0.5) is 5.69 Å². The normalized spacial score (nSPS) is 12.5. The first-order valence-electron chi connectivity index (χ1n) is 8.55. The van der Waals surface area contributed by atoms with Crippen molar-refractivity contribution in [3.8, 4) is 0 Å². The molecule has 2 aromatic rings. The number of carbonyl (C=O) groups is 1. The summed E-state index contributed by atoms with van der Waals surface area (Å²) in [5.74, 6) is -1.59. The number of benzene rings is 1. The van der Waals surface area contributed by atoms with E-state index in [0.29, 0.717) is 5.56 Å². The summed E-state index contributed by atoms with van der Waals surface area (Å²) in [5, 5.41) is 9.69. The van der Waals surface area contributed by atoms with Gasteiger partial charge in [0.1, 0.15) is 6.04 Å². The third-order valence-corrected chi connectivity index (χ3v) is 6.06. The molecule has 0 radical (unpaired) electrons. The first kappa shape index (κ1) is 23.9. The number of halogens is 1. The van der Waals surface area contributed by atoms with Crippen LogP contribution in [-0.4, -0.2) is 48.9 Å². The molecule has 0 unspecified atom stereocenters. The van der Waals surface area contributed by atoms with E-state index in [1.54, 1.807) is 44.3 Å². The van der Waals surface area contributed by atoms with Gasteiger partial charge >= 0.3 is 5.97 Å². The molecule has 0 bridgehead atoms. The zero-order valence-electron chi connectivity index (χ0n) is 16.3. The number of hydrogen-bond acceptors (Lipinski definition) is 5. The molecule has 1 atom stereocenters. The predicted molar refractivity (Wildman–Crippen MR) is 111 cm³/mol. The van der Waals surface area contributed by atoms with Crippen molar-refractivity contribution in [3.05, 3.63) is 54.4 Å². The number of nitrogens with zero attached hydrogens (tertiary/aromatic N) is 3. The standard InChI is InChI=1S/C19H25N3O4S.ClH/c1-14(2)18(19(23)24)22(13-15-6-5-11-20-12-15)27(25,26)17-9-7-16(8-10-17)21(3)4;/h5-12,14,18H,13H2,1-4H3,(H,23,24);1H/t18-;/m1./s1. The van der Waals surface area contributed by atoms with Gasteiger partial charge in [-0.1, -0.05) is 19.9 Å². The van der Waals surface area contributed by atoms with Crippen LogP contribution < -0.4 is 4.90 Å². The molecule has 0 aliphatic heterocycles. The summed E-state index contributed by atoms with van der Waals surface area (Å²) in [6.45, 7) is 3.32. The fourth-order valence-corrected chi connectivity index (χ4v) is 4.50. The van der Waals surface area contributed by atoms with Crippen molar-refractivity contribution in [1.82, 2.24) is 9.29 Å². The Kier molecular flexibility index (Phi) is 8.41. The van der Waals surface area contributed by atoms with Crippen molar-refractivity contribution in [2.24, 2.45) is 5.92 Å². The molecule has 1 N–H and O–H groups in total. The highest BCUT2D eigenvalue weighted by Gasteiger charge is 2.38. The number of aromatic nitrogens is 1. The fourth-order valence-electron chi connectivity index (χ4n) is 2.80. The van der Waals surface area contributed by atoms with Crippen LogP contribution in [0.2, 0.25) is 0 Å². The van der Waals surface area contributed by atoms with E-state index in [1.165, 1.54) is 18.3 Å². The number of carboxylic acids is 1. The molecule has 28 heavy (non-hydrogen) atoms. The van der Waals surface area contributed by atoms with Gasteiger partial charge in [0.15, 0.2) is 0 Å². The van der Waals surface area contributed by atoms with Gasteiger partial charge in [-0.15, -0.1) is 12.4 Å². The van der Waals surface area contributed by atoms with Gasteiger partial charge < -0.3 is 10.0 Å². The molecular formula is C19H26ClN3O4S. The van der Waals surface area contributed by atoms with E-state index in [0.717, 1.165) is 9.99 Å². The van der Waals surface area contributed by atoms with E-state index in [9.17, 15) is 18.3 Å². The summed E-state index contributed by atoms with van der Waals surface area (Å²) in [6, 6.07) is 8.62. The summed E-state index contributed by atoms with van der Waals surface area (Å²) in [6.07, 6.45) is 3.12. The molecule has 0 saturated heterocycles. The second-order valence-electron chi connectivity index (χ2n) is 6.83. The fraction of sp³-hybridized carbons (Fsp3) is 0.368. The van der Waals surface area contributed by atoms with E-state index >= 15 is 0 Å². The minimum absolute atomic E-state index is 0. The zero-order valence-corrected chi connectivity index (χ0v) is 17.9. The Bertz CT molecular complexity index is 872. The van der Waals surface area contributed by atoms with Gasteiger partial charge in [-0.3, -0.25) is 9.78 Å². The highest BCUT2D eigenvalue weighted by Crippen LogP contribution is 2.26. The average molecular weight is 428 g/mol. The van der Waals surface area contributed by atoms with Crippen LogP contribution >= 0.6 is 12.4 Å². The largest absolute Gasteiger partial charge is 0.480 e. The molecule has 0 spiro atoms. The minimum atomic E-state index is -4.02. The average Bonchev–Trinajstić information content (AvgIpc) is 2.61. The lowest BCUT2D eigenvalue weighted by Crippen LogP contribution is -2.47. The van der Waals surface area contributed by atoms with Crippen LogP contribution in [0.3, 0.4) is 0 Å². The van der Waals surface area contributed by atoms with E-state index in [-0.39, 0.29) is 23.8 Å². The molecule has 2 rings (SSSR count). The molecule has 154 valence electrons. The highest BCUT2D eigenvalue weighted by atomic mass is 35.5. The molecule has 0 saturated carbocycles. The summed E-state index contributed by atoms with van der Waals surface area (Å²) in [4.78, 5) is 17.8. The van der Waals surface area contributed by atoms with Crippen LogP contribution in [0.1, 0.15) is 19.4 Å². The number of pyridine rings is 1. The number of anilines is 1. The SMILES string of the molecule is CC(C)[C@H](C(=O)O)N(Cc1cccnc1)S(=O)(=O)c1ccc(N(C)C)cc1.Cl. The van der Waals surface area contributed by atoms with Gasteiger partial charge in [-0.25, -0.2) is 8.42 Å². The van der Waals surface area contributed by atoms with E-state index in [4.69, 9.17) is 0 Å². The Morgan fingerprint density at radius 3 is 2.18 bits per heavy atom. The highest BCUT2D eigenvalue weighted by molar-refractivity contribution is 7.89. The second-order valence-corrected chi connectivity index (χ2v) is 8.72. The smallest absolute Gasteiger partial charge is 0.322 e. The Morgan fingerprint density at radius 1 is 1.14 bits per heavy atom. The molecular weight excluding hydrogens is 402 g/mol. The summed E-state index contributed by atoms with van der Waals surface area (Å²) < 4.78 is 27.6.